The quantitative estimate of drug-likeness (QED) is 0.129. The Labute approximate surface area is 230 Å². The van der Waals surface area contributed by atoms with Crippen LogP contribution in [0.5, 0.6) is 0 Å². The number of pyridine rings is 2. The van der Waals surface area contributed by atoms with Gasteiger partial charge in [-0.3, -0.25) is 9.97 Å². The lowest BCUT2D eigenvalue weighted by molar-refractivity contribution is -0.133. The van der Waals surface area contributed by atoms with Crippen LogP contribution in [0.2, 0.25) is 0 Å². The Kier molecular flexibility index (Phi) is 11.1. The zero-order valence-corrected chi connectivity index (χ0v) is 22.7. The number of fused-ring (bicyclic) bond motifs is 1. The van der Waals surface area contributed by atoms with Gasteiger partial charge in [-0.2, -0.15) is 0 Å². The van der Waals surface area contributed by atoms with Gasteiger partial charge in [0.15, 0.2) is 0 Å². The molecule has 0 aliphatic carbocycles. The fraction of sp³-hybridized carbons (Fsp3) is 0.133. The van der Waals surface area contributed by atoms with Crippen molar-refractivity contribution < 1.29 is 19.8 Å². The number of benzene rings is 2. The number of hydrogen-bond donors (Lipinski definition) is 2. The molecule has 0 aliphatic heterocycles. The van der Waals surface area contributed by atoms with E-state index < -0.39 is 11.9 Å². The monoisotopic (exact) mass is 544 g/mol. The van der Waals surface area contributed by atoms with Crippen LogP contribution in [-0.2, 0) is 21.1 Å². The molecule has 0 fully saturated rings. The van der Waals surface area contributed by atoms with Gasteiger partial charge < -0.3 is 10.2 Å². The van der Waals surface area contributed by atoms with Crippen LogP contribution in [0.3, 0.4) is 0 Å². The van der Waals surface area contributed by atoms with Crippen LogP contribution in [0.15, 0.2) is 119 Å². The minimum absolute atomic E-state index is 0.107. The Morgan fingerprint density at radius 1 is 0.684 bits per heavy atom. The molecule has 0 spiro atoms. The van der Waals surface area contributed by atoms with Crippen molar-refractivity contribution >= 4 is 46.2 Å². The molecule has 194 valence electrons. The third-order valence-electron chi connectivity index (χ3n) is 5.41. The molecule has 4 aromatic rings. The van der Waals surface area contributed by atoms with Crippen molar-refractivity contribution in [3.05, 3.63) is 120 Å². The number of thioether (sulfide) groups is 2. The average Bonchev–Trinajstić information content (AvgIpc) is 2.94. The van der Waals surface area contributed by atoms with Crippen molar-refractivity contribution in [1.82, 2.24) is 9.97 Å². The first-order valence-electron chi connectivity index (χ1n) is 11.7. The molecule has 0 aliphatic rings. The average molecular weight is 545 g/mol. The van der Waals surface area contributed by atoms with E-state index in [-0.39, 0.29) is 11.1 Å². The summed E-state index contributed by atoms with van der Waals surface area (Å²) in [5, 5.41) is 19.4. The third kappa shape index (κ3) is 9.21. The molecular formula is C30H28N2O4S2. The number of rotatable bonds is 9. The molecule has 4 rings (SSSR count). The van der Waals surface area contributed by atoms with Gasteiger partial charge in [0.05, 0.1) is 0 Å². The lowest BCUT2D eigenvalue weighted by atomic mass is 10.0. The van der Waals surface area contributed by atoms with Crippen molar-refractivity contribution in [3.63, 3.8) is 0 Å². The normalized spacial score (nSPS) is 11.5. The molecule has 2 heterocycles. The van der Waals surface area contributed by atoms with Gasteiger partial charge in [0, 0.05) is 57.2 Å². The van der Waals surface area contributed by atoms with Gasteiger partial charge in [-0.25, -0.2) is 9.59 Å². The van der Waals surface area contributed by atoms with Crippen molar-refractivity contribution in [2.24, 2.45) is 0 Å². The highest BCUT2D eigenvalue weighted by atomic mass is 32.2. The molecule has 0 unspecified atom stereocenters. The molecule has 0 saturated heterocycles. The Morgan fingerprint density at radius 3 is 1.39 bits per heavy atom. The Bertz CT molecular complexity index is 1330. The predicted octanol–water partition coefficient (Wildman–Crippen LogP) is 7.26. The van der Waals surface area contributed by atoms with E-state index in [1.807, 2.05) is 48.3 Å². The zero-order valence-electron chi connectivity index (χ0n) is 21.1. The molecular weight excluding hydrogens is 516 g/mol. The molecule has 0 saturated carbocycles. The SMILES string of the molecule is C/C(=C/C=C(/C)C(=O)O)C(=O)O.c1ccc2cc(CSc3ccncc3)c(CSc3ccncc3)cc2c1. The maximum Gasteiger partial charge on any atom is 0.331 e. The number of carboxylic acids is 2. The molecule has 0 amide bonds. The highest BCUT2D eigenvalue weighted by Crippen LogP contribution is 2.31. The van der Waals surface area contributed by atoms with E-state index in [1.165, 1.54) is 57.7 Å². The highest BCUT2D eigenvalue weighted by Gasteiger charge is 2.08. The van der Waals surface area contributed by atoms with Crippen LogP contribution in [0.25, 0.3) is 10.8 Å². The number of hydrogen-bond acceptors (Lipinski definition) is 6. The Morgan fingerprint density at radius 2 is 1.05 bits per heavy atom. The molecule has 2 N–H and O–H groups in total. The standard InChI is InChI=1S/C22H18N2S2.C8H10O4/c1-2-4-18-14-20(16-26-22-7-11-24-12-8-22)19(13-17(18)3-1)15-25-21-5-9-23-10-6-21;1-5(7(9)10)3-4-6(2)8(11)12/h1-14H,15-16H2;3-4H,1-2H3,(H,9,10)(H,11,12)/b;5-3-,6-4-. The topological polar surface area (TPSA) is 100 Å². The van der Waals surface area contributed by atoms with Crippen molar-refractivity contribution in [2.75, 3.05) is 0 Å². The summed E-state index contributed by atoms with van der Waals surface area (Å²) in [5.41, 5.74) is 3.00. The number of aliphatic carboxylic acids is 2. The van der Waals surface area contributed by atoms with Crippen molar-refractivity contribution in [3.8, 4) is 0 Å². The molecule has 2 aromatic carbocycles. The smallest absolute Gasteiger partial charge is 0.331 e. The maximum atomic E-state index is 10.2. The van der Waals surface area contributed by atoms with Crippen LogP contribution < -0.4 is 0 Å². The van der Waals surface area contributed by atoms with E-state index in [0.717, 1.165) is 11.5 Å². The largest absolute Gasteiger partial charge is 0.478 e. The summed E-state index contributed by atoms with van der Waals surface area (Å²) < 4.78 is 0. The Hall–Kier alpha value is -3.88. The molecule has 38 heavy (non-hydrogen) atoms. The maximum absolute atomic E-state index is 10.2. The lowest BCUT2D eigenvalue weighted by Crippen LogP contribution is -1.97. The third-order valence-corrected chi connectivity index (χ3v) is 7.54. The summed E-state index contributed by atoms with van der Waals surface area (Å²) in [6.07, 6.45) is 9.91. The summed E-state index contributed by atoms with van der Waals surface area (Å²) in [6, 6.07) is 21.5. The van der Waals surface area contributed by atoms with Gasteiger partial charge in [-0.1, -0.05) is 48.6 Å². The van der Waals surface area contributed by atoms with Gasteiger partial charge in [0.2, 0.25) is 0 Å². The molecule has 6 nitrogen and oxygen atoms in total. The number of aromatic nitrogens is 2. The molecule has 2 aromatic heterocycles. The van der Waals surface area contributed by atoms with Crippen LogP contribution in [-0.4, -0.2) is 32.1 Å². The lowest BCUT2D eigenvalue weighted by Gasteiger charge is -2.12. The minimum atomic E-state index is -1.05. The fourth-order valence-corrected chi connectivity index (χ4v) is 5.00. The van der Waals surface area contributed by atoms with E-state index in [2.05, 4.69) is 70.6 Å². The van der Waals surface area contributed by atoms with Crippen molar-refractivity contribution in [1.29, 1.82) is 0 Å². The number of carboxylic acid groups (broad SMARTS) is 2. The molecule has 0 radical (unpaired) electrons. The van der Waals surface area contributed by atoms with Gasteiger partial charge in [-0.05, 0) is 60.0 Å². The summed E-state index contributed by atoms with van der Waals surface area (Å²) in [7, 11) is 0. The number of carbonyl (C=O) groups is 2. The molecule has 0 bridgehead atoms. The van der Waals surface area contributed by atoms with Gasteiger partial charge in [-0.15, -0.1) is 23.5 Å². The van der Waals surface area contributed by atoms with Crippen LogP contribution >= 0.6 is 23.5 Å². The summed E-state index contributed by atoms with van der Waals surface area (Å²) in [4.78, 5) is 31.2. The van der Waals surface area contributed by atoms with E-state index in [9.17, 15) is 9.59 Å². The summed E-state index contributed by atoms with van der Waals surface area (Å²) in [5.74, 6) is -0.184. The van der Waals surface area contributed by atoms with Gasteiger partial charge in [0.1, 0.15) is 0 Å². The van der Waals surface area contributed by atoms with E-state index in [4.69, 9.17) is 10.2 Å². The first-order valence-corrected chi connectivity index (χ1v) is 13.7. The second kappa shape index (κ2) is 14.8. The molecule has 0 atom stereocenters. The van der Waals surface area contributed by atoms with Crippen LogP contribution in [0.1, 0.15) is 25.0 Å². The summed E-state index contributed by atoms with van der Waals surface area (Å²) in [6.45, 7) is 2.79. The fourth-order valence-electron chi connectivity index (χ4n) is 3.19. The first-order chi connectivity index (χ1) is 18.3. The Balaban J connectivity index is 0.000000284. The van der Waals surface area contributed by atoms with Crippen LogP contribution in [0, 0.1) is 0 Å². The minimum Gasteiger partial charge on any atom is -0.478 e. The number of allylic oxidation sites excluding steroid dienone is 2. The van der Waals surface area contributed by atoms with E-state index in [1.54, 1.807) is 0 Å². The van der Waals surface area contributed by atoms with E-state index in [0.29, 0.717) is 0 Å². The predicted molar refractivity (Wildman–Crippen MR) is 154 cm³/mol. The van der Waals surface area contributed by atoms with Crippen molar-refractivity contribution in [2.45, 2.75) is 35.1 Å². The summed E-state index contributed by atoms with van der Waals surface area (Å²) >= 11 is 3.72. The van der Waals surface area contributed by atoms with E-state index >= 15 is 0 Å². The van der Waals surface area contributed by atoms with Crippen LogP contribution in [0.4, 0.5) is 0 Å². The number of nitrogens with zero attached hydrogens (tertiary/aromatic N) is 2. The van der Waals surface area contributed by atoms with Gasteiger partial charge in [0.25, 0.3) is 0 Å². The first kappa shape index (κ1) is 28.7. The zero-order chi connectivity index (χ0) is 27.3. The highest BCUT2D eigenvalue weighted by molar-refractivity contribution is 7.99. The second-order valence-corrected chi connectivity index (χ2v) is 10.3. The molecule has 8 heteroatoms. The van der Waals surface area contributed by atoms with Gasteiger partial charge >= 0.3 is 11.9 Å². The second-order valence-electron chi connectivity index (χ2n) is 8.22.